The molecule has 3 N–H and O–H groups in total. The minimum atomic E-state index is -0.0552. The third-order valence-corrected chi connectivity index (χ3v) is 3.79. The molecule has 20 heavy (non-hydrogen) atoms. The van der Waals surface area contributed by atoms with Gasteiger partial charge in [-0.05, 0) is 30.7 Å². The topological polar surface area (TPSA) is 63.5 Å². The fourth-order valence-corrected chi connectivity index (χ4v) is 2.75. The molecule has 1 aliphatic heterocycles. The number of aryl methyl sites for hydroxylation is 1. The molecule has 2 atom stereocenters. The predicted octanol–water partition coefficient (Wildman–Crippen LogP) is 3.33. The van der Waals surface area contributed by atoms with Crippen molar-refractivity contribution in [1.82, 2.24) is 5.32 Å². The van der Waals surface area contributed by atoms with Crippen LogP contribution in [-0.4, -0.2) is 5.96 Å². The van der Waals surface area contributed by atoms with Crippen LogP contribution in [0.15, 0.2) is 45.8 Å². The van der Waals surface area contributed by atoms with Crippen LogP contribution < -0.4 is 11.1 Å². The van der Waals surface area contributed by atoms with Crippen molar-refractivity contribution in [1.29, 1.82) is 0 Å². The minimum Gasteiger partial charge on any atom is -0.464 e. The molecule has 0 saturated heterocycles. The monoisotopic (exact) mass is 289 g/mol. The summed E-state index contributed by atoms with van der Waals surface area (Å²) in [5.74, 6) is 2.18. The van der Waals surface area contributed by atoms with Gasteiger partial charge in [0.1, 0.15) is 11.5 Å². The van der Waals surface area contributed by atoms with Crippen molar-refractivity contribution in [3.05, 3.63) is 58.5 Å². The Morgan fingerprint density at radius 2 is 2.10 bits per heavy atom. The molecule has 1 aliphatic rings. The van der Waals surface area contributed by atoms with Crippen LogP contribution in [-0.2, 0) is 0 Å². The van der Waals surface area contributed by atoms with Gasteiger partial charge in [0.25, 0.3) is 0 Å². The number of nitrogens with two attached hydrogens (primary N) is 1. The van der Waals surface area contributed by atoms with Gasteiger partial charge in [0, 0.05) is 11.4 Å². The first kappa shape index (κ1) is 13.1. The van der Waals surface area contributed by atoms with E-state index in [-0.39, 0.29) is 12.1 Å². The van der Waals surface area contributed by atoms with E-state index in [1.54, 1.807) is 0 Å². The largest absolute Gasteiger partial charge is 0.464 e. The number of aliphatic imine (C=N–C) groups is 1. The number of furan rings is 1. The second-order valence-corrected chi connectivity index (χ2v) is 5.34. The van der Waals surface area contributed by atoms with Crippen molar-refractivity contribution in [3.63, 3.8) is 0 Å². The summed E-state index contributed by atoms with van der Waals surface area (Å²) in [6.45, 7) is 1.93. The molecule has 2 aromatic rings. The van der Waals surface area contributed by atoms with Gasteiger partial charge >= 0.3 is 0 Å². The molecule has 3 rings (SSSR count). The molecule has 0 aliphatic carbocycles. The minimum absolute atomic E-state index is 0.0162. The fourth-order valence-electron chi connectivity index (χ4n) is 2.49. The first-order valence-electron chi connectivity index (χ1n) is 6.54. The van der Waals surface area contributed by atoms with Crippen LogP contribution >= 0.6 is 11.6 Å². The van der Waals surface area contributed by atoms with Gasteiger partial charge in [-0.25, -0.2) is 4.99 Å². The Balaban J connectivity index is 1.90. The van der Waals surface area contributed by atoms with Crippen molar-refractivity contribution in [3.8, 4) is 0 Å². The standard InChI is InChI=1S/C15H16ClN3O/c1-9-6-7-14(20-9)13-8-12(18-15(17)19-13)10-4-2-3-5-11(10)16/h2-7,12-13H,8H2,1H3,(H3,17,18,19). The van der Waals surface area contributed by atoms with E-state index in [0.29, 0.717) is 11.0 Å². The van der Waals surface area contributed by atoms with Crippen molar-refractivity contribution in [2.45, 2.75) is 25.4 Å². The van der Waals surface area contributed by atoms with Crippen LogP contribution in [0.5, 0.6) is 0 Å². The lowest BCUT2D eigenvalue weighted by molar-refractivity contribution is 0.385. The normalized spacial score (nSPS) is 22.2. The zero-order chi connectivity index (χ0) is 14.1. The predicted molar refractivity (Wildman–Crippen MR) is 79.8 cm³/mol. The summed E-state index contributed by atoms with van der Waals surface area (Å²) in [6, 6.07) is 11.6. The molecule has 0 radical (unpaired) electrons. The van der Waals surface area contributed by atoms with E-state index in [1.807, 2.05) is 43.3 Å². The van der Waals surface area contributed by atoms with Crippen LogP contribution in [0.3, 0.4) is 0 Å². The zero-order valence-corrected chi connectivity index (χ0v) is 11.9. The number of hydrogen-bond acceptors (Lipinski definition) is 4. The number of guanidine groups is 1. The van der Waals surface area contributed by atoms with Gasteiger partial charge in [-0.15, -0.1) is 0 Å². The molecule has 2 heterocycles. The van der Waals surface area contributed by atoms with Gasteiger partial charge in [-0.1, -0.05) is 29.8 Å². The summed E-state index contributed by atoms with van der Waals surface area (Å²) < 4.78 is 5.68. The van der Waals surface area contributed by atoms with Crippen molar-refractivity contribution < 1.29 is 4.42 Å². The Hall–Kier alpha value is -1.94. The summed E-state index contributed by atoms with van der Waals surface area (Å²) in [6.07, 6.45) is 0.761. The fraction of sp³-hybridized carbons (Fsp3) is 0.267. The lowest BCUT2D eigenvalue weighted by Gasteiger charge is -2.27. The summed E-state index contributed by atoms with van der Waals surface area (Å²) in [4.78, 5) is 4.45. The van der Waals surface area contributed by atoms with Gasteiger partial charge in [0.15, 0.2) is 5.96 Å². The van der Waals surface area contributed by atoms with E-state index >= 15 is 0 Å². The van der Waals surface area contributed by atoms with E-state index in [2.05, 4.69) is 10.3 Å². The summed E-state index contributed by atoms with van der Waals surface area (Å²) in [5, 5.41) is 3.87. The third-order valence-electron chi connectivity index (χ3n) is 3.44. The molecule has 5 heteroatoms. The van der Waals surface area contributed by atoms with E-state index in [9.17, 15) is 0 Å². The van der Waals surface area contributed by atoms with Gasteiger partial charge in [0.05, 0.1) is 12.1 Å². The molecule has 1 aromatic carbocycles. The highest BCUT2D eigenvalue weighted by molar-refractivity contribution is 6.31. The van der Waals surface area contributed by atoms with Crippen LogP contribution in [0.1, 0.15) is 35.6 Å². The molecule has 0 saturated carbocycles. The number of nitrogens with one attached hydrogen (secondary N) is 1. The van der Waals surface area contributed by atoms with Crippen LogP contribution in [0.4, 0.5) is 0 Å². The Kier molecular flexibility index (Phi) is 3.40. The maximum atomic E-state index is 6.25. The molecule has 1 aromatic heterocycles. The molecule has 0 fully saturated rings. The highest BCUT2D eigenvalue weighted by Crippen LogP contribution is 2.35. The quantitative estimate of drug-likeness (QED) is 0.891. The van der Waals surface area contributed by atoms with Crippen LogP contribution in [0.25, 0.3) is 0 Å². The SMILES string of the molecule is Cc1ccc(C2CC(c3ccccc3Cl)N=C(N)N2)o1. The molecule has 0 bridgehead atoms. The van der Waals surface area contributed by atoms with Crippen molar-refractivity contribution in [2.24, 2.45) is 10.7 Å². The van der Waals surface area contributed by atoms with Crippen LogP contribution in [0.2, 0.25) is 5.02 Å². The highest BCUT2D eigenvalue weighted by atomic mass is 35.5. The first-order valence-corrected chi connectivity index (χ1v) is 6.92. The summed E-state index contributed by atoms with van der Waals surface area (Å²) in [7, 11) is 0. The second kappa shape index (κ2) is 5.21. The van der Waals surface area contributed by atoms with Gasteiger partial charge in [-0.2, -0.15) is 0 Å². The maximum absolute atomic E-state index is 6.25. The number of benzene rings is 1. The van der Waals surface area contributed by atoms with Gasteiger partial charge < -0.3 is 15.5 Å². The Morgan fingerprint density at radius 3 is 2.80 bits per heavy atom. The second-order valence-electron chi connectivity index (χ2n) is 4.93. The number of halogens is 1. The molecule has 2 unspecified atom stereocenters. The average Bonchev–Trinajstić information content (AvgIpc) is 2.85. The van der Waals surface area contributed by atoms with E-state index in [4.69, 9.17) is 21.8 Å². The molecule has 0 amide bonds. The molecular formula is C15H16ClN3O. The average molecular weight is 290 g/mol. The summed E-state index contributed by atoms with van der Waals surface area (Å²) in [5.41, 5.74) is 6.89. The third kappa shape index (κ3) is 2.51. The number of hydrogen-bond donors (Lipinski definition) is 2. The molecule has 4 nitrogen and oxygen atoms in total. The number of rotatable bonds is 2. The van der Waals surface area contributed by atoms with Gasteiger partial charge in [-0.3, -0.25) is 0 Å². The first-order chi connectivity index (χ1) is 9.63. The highest BCUT2D eigenvalue weighted by Gasteiger charge is 2.27. The Labute approximate surface area is 122 Å². The Morgan fingerprint density at radius 1 is 1.30 bits per heavy atom. The lowest BCUT2D eigenvalue weighted by atomic mass is 9.97. The van der Waals surface area contributed by atoms with Crippen molar-refractivity contribution in [2.75, 3.05) is 0 Å². The molecular weight excluding hydrogens is 274 g/mol. The van der Waals surface area contributed by atoms with Crippen LogP contribution in [0, 0.1) is 6.92 Å². The van der Waals surface area contributed by atoms with E-state index in [1.165, 1.54) is 0 Å². The van der Waals surface area contributed by atoms with E-state index < -0.39 is 0 Å². The van der Waals surface area contributed by atoms with Crippen molar-refractivity contribution >= 4 is 17.6 Å². The molecule has 0 spiro atoms. The van der Waals surface area contributed by atoms with Gasteiger partial charge in [0.2, 0.25) is 0 Å². The lowest BCUT2D eigenvalue weighted by Crippen LogP contribution is -2.39. The number of nitrogens with zero attached hydrogens (tertiary/aromatic N) is 1. The maximum Gasteiger partial charge on any atom is 0.189 e. The van der Waals surface area contributed by atoms with E-state index in [0.717, 1.165) is 23.5 Å². The molecule has 104 valence electrons. The smallest absolute Gasteiger partial charge is 0.189 e. The Bertz CT molecular complexity index is 650. The summed E-state index contributed by atoms with van der Waals surface area (Å²) >= 11 is 6.25. The zero-order valence-electron chi connectivity index (χ0n) is 11.1.